The summed E-state index contributed by atoms with van der Waals surface area (Å²) in [6.07, 6.45) is 3.69. The fourth-order valence-electron chi connectivity index (χ4n) is 1.49. The molecule has 0 saturated heterocycles. The van der Waals surface area contributed by atoms with Gasteiger partial charge < -0.3 is 18.9 Å². The van der Waals surface area contributed by atoms with Gasteiger partial charge in [-0.1, -0.05) is 0 Å². The third-order valence-electron chi connectivity index (χ3n) is 2.44. The summed E-state index contributed by atoms with van der Waals surface area (Å²) in [6.45, 7) is 1.49. The van der Waals surface area contributed by atoms with E-state index >= 15 is 0 Å². The summed E-state index contributed by atoms with van der Waals surface area (Å²) in [4.78, 5) is 11.6. The van der Waals surface area contributed by atoms with E-state index < -0.39 is 0 Å². The molecule has 0 aromatic carbocycles. The van der Waals surface area contributed by atoms with Crippen molar-refractivity contribution in [3.63, 3.8) is 0 Å². The fourth-order valence-corrected chi connectivity index (χ4v) is 1.69. The summed E-state index contributed by atoms with van der Waals surface area (Å²) < 4.78 is 15.3. The number of rotatable bonds is 7. The molecule has 2 rings (SSSR count). The molecule has 5 nitrogen and oxygen atoms in total. The van der Waals surface area contributed by atoms with Crippen LogP contribution in [-0.4, -0.2) is 19.1 Å². The van der Waals surface area contributed by atoms with Crippen LogP contribution in [0.2, 0.25) is 5.22 Å². The first-order valence-electron chi connectivity index (χ1n) is 5.88. The van der Waals surface area contributed by atoms with Gasteiger partial charge in [-0.25, -0.2) is 0 Å². The molecule has 0 spiro atoms. The smallest absolute Gasteiger partial charge is 0.256 e. The van der Waals surface area contributed by atoms with Gasteiger partial charge in [-0.3, -0.25) is 4.79 Å². The molecule has 0 radical (unpaired) electrons. The average Bonchev–Trinajstić information content (AvgIpc) is 3.04. The quantitative estimate of drug-likeness (QED) is 0.794. The third kappa shape index (κ3) is 4.15. The molecule has 102 valence electrons. The zero-order valence-electron chi connectivity index (χ0n) is 10.2. The number of nitrogens with one attached hydrogen (secondary N) is 1. The van der Waals surface area contributed by atoms with Gasteiger partial charge in [0.05, 0.1) is 18.1 Å². The van der Waals surface area contributed by atoms with Gasteiger partial charge >= 0.3 is 0 Å². The largest absolute Gasteiger partial charge is 0.467 e. The summed E-state index contributed by atoms with van der Waals surface area (Å²) in [6, 6.07) is 5.20. The minimum atomic E-state index is -0.246. The van der Waals surface area contributed by atoms with Crippen molar-refractivity contribution < 1.29 is 18.4 Å². The number of hydrogen-bond acceptors (Lipinski definition) is 4. The summed E-state index contributed by atoms with van der Waals surface area (Å²) in [5, 5.41) is 2.84. The molecular weight excluding hydrogens is 270 g/mol. The lowest BCUT2D eigenvalue weighted by Gasteiger charge is -2.04. The topological polar surface area (TPSA) is 64.6 Å². The maximum Gasteiger partial charge on any atom is 0.256 e. The van der Waals surface area contributed by atoms with Gasteiger partial charge in [0, 0.05) is 13.2 Å². The van der Waals surface area contributed by atoms with E-state index in [0.29, 0.717) is 31.7 Å². The highest BCUT2D eigenvalue weighted by Gasteiger charge is 2.11. The number of ether oxygens (including phenoxy) is 1. The third-order valence-corrected chi connectivity index (χ3v) is 2.73. The molecule has 0 aliphatic heterocycles. The van der Waals surface area contributed by atoms with E-state index in [9.17, 15) is 4.79 Å². The van der Waals surface area contributed by atoms with Crippen LogP contribution in [0.1, 0.15) is 22.5 Å². The van der Waals surface area contributed by atoms with Gasteiger partial charge in [-0.2, -0.15) is 0 Å². The first-order valence-corrected chi connectivity index (χ1v) is 6.26. The fraction of sp³-hybridized carbons (Fsp3) is 0.308. The Kier molecular flexibility index (Phi) is 5.06. The molecule has 2 heterocycles. The first kappa shape index (κ1) is 13.7. The average molecular weight is 284 g/mol. The molecule has 19 heavy (non-hydrogen) atoms. The van der Waals surface area contributed by atoms with E-state index in [1.165, 1.54) is 12.3 Å². The van der Waals surface area contributed by atoms with Crippen molar-refractivity contribution in [2.45, 2.75) is 13.0 Å². The van der Waals surface area contributed by atoms with Crippen molar-refractivity contribution in [3.05, 3.63) is 47.3 Å². The standard InChI is InChI=1S/C13H14ClNO4/c14-12-11(4-8-19-12)13(16)15-5-2-6-17-9-10-3-1-7-18-10/h1,3-4,7-8H,2,5-6,9H2,(H,15,16). The van der Waals surface area contributed by atoms with Crippen LogP contribution in [0.25, 0.3) is 0 Å². The van der Waals surface area contributed by atoms with Crippen molar-refractivity contribution in [3.8, 4) is 0 Å². The van der Waals surface area contributed by atoms with Gasteiger partial charge in [-0.15, -0.1) is 0 Å². The SMILES string of the molecule is O=C(NCCCOCc1ccco1)c1ccoc1Cl. The van der Waals surface area contributed by atoms with Crippen molar-refractivity contribution in [2.24, 2.45) is 0 Å². The molecular formula is C13H14ClNO4. The zero-order chi connectivity index (χ0) is 13.5. The molecule has 0 fully saturated rings. The lowest BCUT2D eigenvalue weighted by molar-refractivity contribution is 0.0916. The Morgan fingerprint density at radius 3 is 2.89 bits per heavy atom. The maximum absolute atomic E-state index is 11.6. The van der Waals surface area contributed by atoms with Crippen molar-refractivity contribution >= 4 is 17.5 Å². The van der Waals surface area contributed by atoms with Gasteiger partial charge in [-0.05, 0) is 36.2 Å². The molecule has 1 amide bonds. The van der Waals surface area contributed by atoms with Gasteiger partial charge in [0.2, 0.25) is 5.22 Å². The van der Waals surface area contributed by atoms with Crippen molar-refractivity contribution in [1.82, 2.24) is 5.32 Å². The molecule has 0 saturated carbocycles. The highest BCUT2D eigenvalue weighted by Crippen LogP contribution is 2.15. The van der Waals surface area contributed by atoms with Crippen LogP contribution < -0.4 is 5.32 Å². The van der Waals surface area contributed by atoms with E-state index in [0.717, 1.165) is 5.76 Å². The minimum absolute atomic E-state index is 0.103. The van der Waals surface area contributed by atoms with Crippen LogP contribution in [0.15, 0.2) is 39.6 Å². The van der Waals surface area contributed by atoms with E-state index in [1.807, 2.05) is 12.1 Å². The van der Waals surface area contributed by atoms with Crippen LogP contribution in [0.4, 0.5) is 0 Å². The second kappa shape index (κ2) is 7.01. The van der Waals surface area contributed by atoms with E-state index in [4.69, 9.17) is 25.2 Å². The molecule has 6 heteroatoms. The van der Waals surface area contributed by atoms with Crippen molar-refractivity contribution in [2.75, 3.05) is 13.2 Å². The van der Waals surface area contributed by atoms with Crippen LogP contribution in [0, 0.1) is 0 Å². The Balaban J connectivity index is 1.57. The second-order valence-electron chi connectivity index (χ2n) is 3.85. The summed E-state index contributed by atoms with van der Waals surface area (Å²) in [5.74, 6) is 0.541. The second-order valence-corrected chi connectivity index (χ2v) is 4.19. The Hall–Kier alpha value is -1.72. The zero-order valence-corrected chi connectivity index (χ0v) is 11.0. The van der Waals surface area contributed by atoms with E-state index in [-0.39, 0.29) is 11.1 Å². The summed E-state index contributed by atoms with van der Waals surface area (Å²) >= 11 is 5.69. The molecule has 1 N–H and O–H groups in total. The maximum atomic E-state index is 11.6. The van der Waals surface area contributed by atoms with E-state index in [1.54, 1.807) is 6.26 Å². The molecule has 2 aromatic rings. The molecule has 0 aliphatic carbocycles. The Morgan fingerprint density at radius 1 is 1.32 bits per heavy atom. The number of hydrogen-bond donors (Lipinski definition) is 1. The Morgan fingerprint density at radius 2 is 2.21 bits per heavy atom. The van der Waals surface area contributed by atoms with E-state index in [2.05, 4.69) is 5.32 Å². The molecule has 0 aliphatic rings. The highest BCUT2D eigenvalue weighted by atomic mass is 35.5. The van der Waals surface area contributed by atoms with Gasteiger partial charge in [0.25, 0.3) is 5.91 Å². The molecule has 0 unspecified atom stereocenters. The highest BCUT2D eigenvalue weighted by molar-refractivity contribution is 6.32. The Labute approximate surface area is 115 Å². The number of furan rings is 2. The Bertz CT molecular complexity index is 506. The first-order chi connectivity index (χ1) is 9.27. The number of amides is 1. The lowest BCUT2D eigenvalue weighted by atomic mass is 10.3. The van der Waals surface area contributed by atoms with Crippen LogP contribution in [0.5, 0.6) is 0 Å². The van der Waals surface area contributed by atoms with Crippen LogP contribution >= 0.6 is 11.6 Å². The van der Waals surface area contributed by atoms with Crippen LogP contribution in [-0.2, 0) is 11.3 Å². The predicted molar refractivity (Wildman–Crippen MR) is 69.0 cm³/mol. The minimum Gasteiger partial charge on any atom is -0.467 e. The normalized spacial score (nSPS) is 10.6. The molecule has 0 bridgehead atoms. The lowest BCUT2D eigenvalue weighted by Crippen LogP contribution is -2.25. The number of carbonyl (C=O) groups excluding carboxylic acids is 1. The number of carbonyl (C=O) groups is 1. The van der Waals surface area contributed by atoms with Crippen LogP contribution in [0.3, 0.4) is 0 Å². The van der Waals surface area contributed by atoms with Gasteiger partial charge in [0.1, 0.15) is 12.4 Å². The summed E-state index contributed by atoms with van der Waals surface area (Å²) in [7, 11) is 0. The molecule has 0 atom stereocenters. The predicted octanol–water partition coefficient (Wildman–Crippen LogP) is 2.86. The number of halogens is 1. The van der Waals surface area contributed by atoms with Crippen molar-refractivity contribution in [1.29, 1.82) is 0 Å². The monoisotopic (exact) mass is 283 g/mol. The molecule has 2 aromatic heterocycles. The summed E-state index contributed by atoms with van der Waals surface area (Å²) in [5.41, 5.74) is 0.346. The van der Waals surface area contributed by atoms with Gasteiger partial charge in [0.15, 0.2) is 0 Å².